The molecule has 0 bridgehead atoms. The van der Waals surface area contributed by atoms with Gasteiger partial charge in [0, 0.05) is 31.9 Å². The number of piperazine rings is 1. The number of imide groups is 1. The molecular formula is C21H27FN4O3. The monoisotopic (exact) mass is 402 g/mol. The molecule has 0 radical (unpaired) electrons. The van der Waals surface area contributed by atoms with Gasteiger partial charge in [-0.3, -0.25) is 14.5 Å². The summed E-state index contributed by atoms with van der Waals surface area (Å²) in [6.45, 7) is 4.03. The van der Waals surface area contributed by atoms with E-state index in [-0.39, 0.29) is 30.1 Å². The number of amides is 4. The summed E-state index contributed by atoms with van der Waals surface area (Å²) in [5.74, 6) is -0.672. The quantitative estimate of drug-likeness (QED) is 0.785. The molecule has 1 aromatic rings. The van der Waals surface area contributed by atoms with Gasteiger partial charge in [0.05, 0.1) is 0 Å². The van der Waals surface area contributed by atoms with Gasteiger partial charge in [-0.25, -0.2) is 9.18 Å². The molecule has 8 heteroatoms. The van der Waals surface area contributed by atoms with Crippen LogP contribution in [0.1, 0.15) is 32.6 Å². The number of hydrogen-bond acceptors (Lipinski definition) is 4. The Morgan fingerprint density at radius 1 is 1.14 bits per heavy atom. The molecule has 4 rings (SSSR count). The van der Waals surface area contributed by atoms with Gasteiger partial charge in [-0.1, -0.05) is 19.8 Å². The Labute approximate surface area is 169 Å². The summed E-state index contributed by atoms with van der Waals surface area (Å²) in [7, 11) is 0. The maximum Gasteiger partial charge on any atom is 0.325 e. The van der Waals surface area contributed by atoms with E-state index in [4.69, 9.17) is 0 Å². The van der Waals surface area contributed by atoms with Crippen molar-refractivity contribution >= 4 is 23.5 Å². The fourth-order valence-corrected chi connectivity index (χ4v) is 4.74. The van der Waals surface area contributed by atoms with Crippen molar-refractivity contribution in [2.75, 3.05) is 37.6 Å². The second kappa shape index (κ2) is 7.65. The normalized spacial score (nSPS) is 27.5. The Bertz CT molecular complexity index is 807. The van der Waals surface area contributed by atoms with Crippen LogP contribution in [0.15, 0.2) is 24.3 Å². The largest absolute Gasteiger partial charge is 0.368 e. The third-order valence-electron chi connectivity index (χ3n) is 6.62. The molecule has 2 aliphatic heterocycles. The van der Waals surface area contributed by atoms with E-state index < -0.39 is 11.6 Å². The van der Waals surface area contributed by atoms with E-state index in [1.165, 1.54) is 12.1 Å². The van der Waals surface area contributed by atoms with Crippen molar-refractivity contribution in [3.8, 4) is 0 Å². The van der Waals surface area contributed by atoms with Crippen LogP contribution >= 0.6 is 0 Å². The summed E-state index contributed by atoms with van der Waals surface area (Å²) in [6.07, 6.45) is 3.51. The number of anilines is 1. The van der Waals surface area contributed by atoms with Crippen LogP contribution in [-0.2, 0) is 9.59 Å². The van der Waals surface area contributed by atoms with Crippen LogP contribution in [-0.4, -0.2) is 65.9 Å². The minimum Gasteiger partial charge on any atom is -0.368 e. The van der Waals surface area contributed by atoms with E-state index in [0.29, 0.717) is 32.6 Å². The number of carbonyl (C=O) groups excluding carboxylic acids is 3. The summed E-state index contributed by atoms with van der Waals surface area (Å²) in [6, 6.07) is 5.84. The van der Waals surface area contributed by atoms with Crippen molar-refractivity contribution in [1.82, 2.24) is 15.1 Å². The van der Waals surface area contributed by atoms with E-state index in [9.17, 15) is 18.8 Å². The fraction of sp³-hybridized carbons (Fsp3) is 0.571. The highest BCUT2D eigenvalue weighted by atomic mass is 19.1. The van der Waals surface area contributed by atoms with Gasteiger partial charge in [-0.05, 0) is 43.0 Å². The van der Waals surface area contributed by atoms with Crippen LogP contribution in [0.25, 0.3) is 0 Å². The first-order chi connectivity index (χ1) is 13.9. The van der Waals surface area contributed by atoms with Crippen molar-refractivity contribution in [2.45, 2.75) is 38.1 Å². The predicted molar refractivity (Wildman–Crippen MR) is 106 cm³/mol. The zero-order chi connectivity index (χ0) is 20.6. The maximum absolute atomic E-state index is 13.1. The van der Waals surface area contributed by atoms with Crippen molar-refractivity contribution in [3.63, 3.8) is 0 Å². The Balaban J connectivity index is 1.36. The Morgan fingerprint density at radius 3 is 2.48 bits per heavy atom. The molecule has 7 nitrogen and oxygen atoms in total. The third kappa shape index (κ3) is 3.56. The molecule has 4 amide bonds. The summed E-state index contributed by atoms with van der Waals surface area (Å²) in [5, 5.41) is 2.89. The number of nitrogens with zero attached hydrogens (tertiary/aromatic N) is 3. The molecule has 3 fully saturated rings. The molecule has 1 aliphatic carbocycles. The molecule has 0 unspecified atom stereocenters. The van der Waals surface area contributed by atoms with Gasteiger partial charge in [0.25, 0.3) is 5.91 Å². The molecule has 2 atom stereocenters. The van der Waals surface area contributed by atoms with Gasteiger partial charge >= 0.3 is 6.03 Å². The number of halogens is 1. The molecule has 2 saturated heterocycles. The lowest BCUT2D eigenvalue weighted by Crippen LogP contribution is -2.55. The Morgan fingerprint density at radius 2 is 1.83 bits per heavy atom. The van der Waals surface area contributed by atoms with Crippen LogP contribution in [0.3, 0.4) is 0 Å². The average Bonchev–Trinajstić information content (AvgIpc) is 2.96. The smallest absolute Gasteiger partial charge is 0.325 e. The van der Waals surface area contributed by atoms with Crippen molar-refractivity contribution in [1.29, 1.82) is 0 Å². The first-order valence-corrected chi connectivity index (χ1v) is 10.3. The maximum atomic E-state index is 13.1. The van der Waals surface area contributed by atoms with Crippen LogP contribution < -0.4 is 10.2 Å². The molecule has 156 valence electrons. The van der Waals surface area contributed by atoms with Gasteiger partial charge in [-0.2, -0.15) is 0 Å². The summed E-state index contributed by atoms with van der Waals surface area (Å²) in [5.41, 5.74) is 0.0810. The van der Waals surface area contributed by atoms with E-state index in [2.05, 4.69) is 10.2 Å². The van der Waals surface area contributed by atoms with Gasteiger partial charge in [0.2, 0.25) is 5.91 Å². The molecular weight excluding hydrogens is 375 g/mol. The average molecular weight is 402 g/mol. The molecule has 1 N–H and O–H groups in total. The molecule has 0 aromatic heterocycles. The Kier molecular flexibility index (Phi) is 5.19. The van der Waals surface area contributed by atoms with Crippen LogP contribution in [0.5, 0.6) is 0 Å². The summed E-state index contributed by atoms with van der Waals surface area (Å²) in [4.78, 5) is 43.1. The topological polar surface area (TPSA) is 73.0 Å². The second-order valence-corrected chi connectivity index (χ2v) is 8.28. The minimum atomic E-state index is -0.836. The summed E-state index contributed by atoms with van der Waals surface area (Å²) >= 11 is 0. The standard InChI is InChI=1S/C21H27FN4O3/c1-15-4-2-3-9-21(15)19(28)26(20(29)23-21)14-18(27)25-12-10-24(11-13-25)17-7-5-16(22)6-8-17/h5-8,15H,2-4,9-14H2,1H3,(H,23,29)/t15-,21+/m1/s1. The Hall–Kier alpha value is -2.64. The van der Waals surface area contributed by atoms with Crippen LogP contribution in [0, 0.1) is 11.7 Å². The zero-order valence-corrected chi connectivity index (χ0v) is 16.7. The lowest BCUT2D eigenvalue weighted by molar-refractivity contribution is -0.140. The zero-order valence-electron chi connectivity index (χ0n) is 16.7. The van der Waals surface area contributed by atoms with Crippen molar-refractivity contribution in [2.24, 2.45) is 5.92 Å². The predicted octanol–water partition coefficient (Wildman–Crippen LogP) is 1.97. The van der Waals surface area contributed by atoms with Gasteiger partial charge in [-0.15, -0.1) is 0 Å². The minimum absolute atomic E-state index is 0.0760. The van der Waals surface area contributed by atoms with Crippen molar-refractivity contribution in [3.05, 3.63) is 30.1 Å². The molecule has 1 spiro atoms. The van der Waals surface area contributed by atoms with Gasteiger partial charge < -0.3 is 15.1 Å². The highest BCUT2D eigenvalue weighted by Crippen LogP contribution is 2.38. The van der Waals surface area contributed by atoms with E-state index in [0.717, 1.165) is 29.8 Å². The molecule has 1 aromatic carbocycles. The second-order valence-electron chi connectivity index (χ2n) is 8.28. The molecule has 2 heterocycles. The SMILES string of the molecule is C[C@@H]1CCCC[C@]12NC(=O)N(CC(=O)N1CCN(c3ccc(F)cc3)CC1)C2=O. The number of carbonyl (C=O) groups is 3. The van der Waals surface area contributed by atoms with Gasteiger partial charge in [0.15, 0.2) is 0 Å². The number of rotatable bonds is 3. The third-order valence-corrected chi connectivity index (χ3v) is 6.62. The van der Waals surface area contributed by atoms with E-state index in [1.54, 1.807) is 17.0 Å². The molecule has 29 heavy (non-hydrogen) atoms. The highest BCUT2D eigenvalue weighted by Gasteiger charge is 2.55. The molecule has 1 saturated carbocycles. The van der Waals surface area contributed by atoms with E-state index >= 15 is 0 Å². The fourth-order valence-electron chi connectivity index (χ4n) is 4.74. The van der Waals surface area contributed by atoms with E-state index in [1.807, 2.05) is 6.92 Å². The molecule has 3 aliphatic rings. The first kappa shape index (κ1) is 19.7. The number of benzene rings is 1. The lowest BCUT2D eigenvalue weighted by atomic mass is 9.73. The number of nitrogens with one attached hydrogen (secondary N) is 1. The highest BCUT2D eigenvalue weighted by molar-refractivity contribution is 6.09. The van der Waals surface area contributed by atoms with Crippen LogP contribution in [0.4, 0.5) is 14.9 Å². The first-order valence-electron chi connectivity index (χ1n) is 10.3. The van der Waals surface area contributed by atoms with Gasteiger partial charge in [0.1, 0.15) is 17.9 Å². The van der Waals surface area contributed by atoms with Crippen molar-refractivity contribution < 1.29 is 18.8 Å². The summed E-state index contributed by atoms with van der Waals surface area (Å²) < 4.78 is 13.1. The van der Waals surface area contributed by atoms with Crippen LogP contribution in [0.2, 0.25) is 0 Å². The number of urea groups is 1. The number of hydrogen-bond donors (Lipinski definition) is 1. The lowest BCUT2D eigenvalue weighted by Gasteiger charge is -2.37.